The molecule has 168 valence electrons. The van der Waals surface area contributed by atoms with Gasteiger partial charge in [-0.15, -0.1) is 11.3 Å². The fourth-order valence-corrected chi connectivity index (χ4v) is 6.36. The van der Waals surface area contributed by atoms with Gasteiger partial charge in [0.1, 0.15) is 0 Å². The Morgan fingerprint density at radius 3 is 2.68 bits per heavy atom. The summed E-state index contributed by atoms with van der Waals surface area (Å²) >= 11 is 1.77. The van der Waals surface area contributed by atoms with Crippen molar-refractivity contribution in [3.8, 4) is 0 Å². The van der Waals surface area contributed by atoms with E-state index in [9.17, 15) is 14.4 Å². The van der Waals surface area contributed by atoms with E-state index in [2.05, 4.69) is 16.8 Å². The zero-order valence-electron chi connectivity index (χ0n) is 17.9. The zero-order chi connectivity index (χ0) is 21.4. The van der Waals surface area contributed by atoms with Gasteiger partial charge in [-0.1, -0.05) is 0 Å². The summed E-state index contributed by atoms with van der Waals surface area (Å²) in [5.74, 6) is 0.0194. The number of nitrogens with zero attached hydrogens (tertiary/aromatic N) is 4. The van der Waals surface area contributed by atoms with E-state index >= 15 is 0 Å². The maximum atomic E-state index is 13.3. The first-order valence-electron chi connectivity index (χ1n) is 11.5. The maximum Gasteiger partial charge on any atom is 0.320 e. The smallest absolute Gasteiger partial charge is 0.320 e. The molecule has 8 nitrogen and oxygen atoms in total. The maximum absolute atomic E-state index is 13.3. The number of carbonyl (C=O) groups is 3. The van der Waals surface area contributed by atoms with Crippen molar-refractivity contribution in [2.24, 2.45) is 5.92 Å². The van der Waals surface area contributed by atoms with Crippen LogP contribution in [-0.2, 0) is 17.8 Å². The Morgan fingerprint density at radius 1 is 1.00 bits per heavy atom. The standard InChI is InChI=1S/C22H31N5O3S/c28-20(24-8-2-4-18(15-24)27-11-7-23-21(27)29)17-3-1-9-25(14-17)22(30)26-10-5-19-16(13-26)6-12-31-19/h6,12,17-18H,1-5,7-11,13-15H2,(H,23,29). The van der Waals surface area contributed by atoms with Gasteiger partial charge in [-0.05, 0) is 49.1 Å². The lowest BCUT2D eigenvalue weighted by Gasteiger charge is -2.41. The minimum Gasteiger partial charge on any atom is -0.340 e. The van der Waals surface area contributed by atoms with E-state index in [1.54, 1.807) is 11.3 Å². The van der Waals surface area contributed by atoms with Crippen molar-refractivity contribution in [1.82, 2.24) is 24.9 Å². The van der Waals surface area contributed by atoms with Gasteiger partial charge in [0.05, 0.1) is 12.0 Å². The lowest BCUT2D eigenvalue weighted by molar-refractivity contribution is -0.138. The Labute approximate surface area is 187 Å². The molecule has 1 aromatic heterocycles. The third kappa shape index (κ3) is 4.12. The summed E-state index contributed by atoms with van der Waals surface area (Å²) in [6.45, 7) is 5.45. The van der Waals surface area contributed by atoms with Crippen molar-refractivity contribution in [3.63, 3.8) is 0 Å². The van der Waals surface area contributed by atoms with Crippen molar-refractivity contribution in [2.75, 3.05) is 45.8 Å². The molecule has 0 bridgehead atoms. The van der Waals surface area contributed by atoms with E-state index < -0.39 is 0 Å². The van der Waals surface area contributed by atoms with Crippen molar-refractivity contribution >= 4 is 29.3 Å². The molecule has 3 saturated heterocycles. The van der Waals surface area contributed by atoms with Crippen LogP contribution in [0.15, 0.2) is 11.4 Å². The van der Waals surface area contributed by atoms with Crippen molar-refractivity contribution in [2.45, 2.75) is 44.7 Å². The number of hydrogen-bond donors (Lipinski definition) is 1. The summed E-state index contributed by atoms with van der Waals surface area (Å²) in [5, 5.41) is 4.97. The van der Waals surface area contributed by atoms with Crippen LogP contribution in [0.2, 0.25) is 0 Å². The highest BCUT2D eigenvalue weighted by Gasteiger charge is 2.37. The minimum absolute atomic E-state index is 0.0101. The molecule has 1 N–H and O–H groups in total. The highest BCUT2D eigenvalue weighted by atomic mass is 32.1. The number of likely N-dealkylation sites (tertiary alicyclic amines) is 2. The number of nitrogens with one attached hydrogen (secondary N) is 1. The molecule has 0 aromatic carbocycles. The number of fused-ring (bicyclic) bond motifs is 1. The Hall–Kier alpha value is -2.29. The van der Waals surface area contributed by atoms with E-state index in [1.165, 1.54) is 10.4 Å². The van der Waals surface area contributed by atoms with Gasteiger partial charge < -0.3 is 24.9 Å². The molecule has 4 aliphatic heterocycles. The van der Waals surface area contributed by atoms with E-state index in [-0.39, 0.29) is 29.9 Å². The van der Waals surface area contributed by atoms with Crippen LogP contribution in [0.3, 0.4) is 0 Å². The molecule has 0 aliphatic carbocycles. The van der Waals surface area contributed by atoms with Gasteiger partial charge in [-0.3, -0.25) is 4.79 Å². The highest BCUT2D eigenvalue weighted by molar-refractivity contribution is 7.10. The zero-order valence-corrected chi connectivity index (χ0v) is 18.7. The van der Waals surface area contributed by atoms with E-state index in [4.69, 9.17) is 0 Å². The first-order valence-corrected chi connectivity index (χ1v) is 12.4. The Morgan fingerprint density at radius 2 is 1.84 bits per heavy atom. The summed E-state index contributed by atoms with van der Waals surface area (Å²) in [7, 11) is 0. The molecule has 9 heteroatoms. The second-order valence-electron chi connectivity index (χ2n) is 9.11. The number of urea groups is 2. The van der Waals surface area contributed by atoms with Crippen molar-refractivity contribution < 1.29 is 14.4 Å². The molecule has 4 aliphatic rings. The van der Waals surface area contributed by atoms with Gasteiger partial charge in [0.2, 0.25) is 5.91 Å². The average Bonchev–Trinajstić information content (AvgIpc) is 3.46. The Kier molecular flexibility index (Phi) is 5.77. The van der Waals surface area contributed by atoms with E-state index in [0.717, 1.165) is 58.3 Å². The largest absolute Gasteiger partial charge is 0.340 e. The van der Waals surface area contributed by atoms with Crippen molar-refractivity contribution in [3.05, 3.63) is 21.9 Å². The number of hydrogen-bond acceptors (Lipinski definition) is 4. The molecule has 0 spiro atoms. The fraction of sp³-hybridized carbons (Fsp3) is 0.682. The SMILES string of the molecule is O=C(C1CCCN(C(=O)N2CCc3sccc3C2)C1)N1CCCC(N2CCNC2=O)C1. The van der Waals surface area contributed by atoms with E-state index in [1.807, 2.05) is 19.6 Å². The minimum atomic E-state index is -0.134. The van der Waals surface area contributed by atoms with Crippen LogP contribution in [0.1, 0.15) is 36.1 Å². The predicted octanol–water partition coefficient (Wildman–Crippen LogP) is 1.95. The second-order valence-corrected chi connectivity index (χ2v) is 10.1. The lowest BCUT2D eigenvalue weighted by Crippen LogP contribution is -2.55. The number of carbonyl (C=O) groups excluding carboxylic acids is 3. The average molecular weight is 446 g/mol. The highest BCUT2D eigenvalue weighted by Crippen LogP contribution is 2.27. The molecule has 3 fully saturated rings. The molecule has 1 aromatic rings. The van der Waals surface area contributed by atoms with Gasteiger partial charge in [-0.25, -0.2) is 9.59 Å². The van der Waals surface area contributed by atoms with Crippen molar-refractivity contribution in [1.29, 1.82) is 0 Å². The number of piperidine rings is 2. The second kappa shape index (κ2) is 8.68. The molecule has 0 saturated carbocycles. The Bertz CT molecular complexity index is 858. The molecule has 5 amide bonds. The van der Waals surface area contributed by atoms with Gasteiger partial charge in [0.25, 0.3) is 0 Å². The van der Waals surface area contributed by atoms with E-state index in [0.29, 0.717) is 26.2 Å². The third-order valence-corrected chi connectivity index (χ3v) is 8.18. The first-order chi connectivity index (χ1) is 15.1. The summed E-state index contributed by atoms with van der Waals surface area (Å²) < 4.78 is 0. The van der Waals surface area contributed by atoms with Gasteiger partial charge >= 0.3 is 12.1 Å². The molecule has 2 atom stereocenters. The van der Waals surface area contributed by atoms with Crippen LogP contribution in [-0.4, -0.2) is 89.4 Å². The molecular weight excluding hydrogens is 414 g/mol. The van der Waals surface area contributed by atoms with Crippen LogP contribution < -0.4 is 5.32 Å². The number of rotatable bonds is 2. The van der Waals surface area contributed by atoms with Crippen LogP contribution in [0.4, 0.5) is 9.59 Å². The first kappa shape index (κ1) is 20.6. The monoisotopic (exact) mass is 445 g/mol. The molecule has 2 unspecified atom stereocenters. The lowest BCUT2D eigenvalue weighted by atomic mass is 9.94. The quantitative estimate of drug-likeness (QED) is 0.756. The normalized spacial score (nSPS) is 26.6. The molecular formula is C22H31N5O3S. The summed E-state index contributed by atoms with van der Waals surface area (Å²) in [6, 6.07) is 2.29. The molecule has 5 rings (SSSR count). The summed E-state index contributed by atoms with van der Waals surface area (Å²) in [6.07, 6.45) is 4.50. The van der Waals surface area contributed by atoms with Gasteiger partial charge in [-0.2, -0.15) is 0 Å². The third-order valence-electron chi connectivity index (χ3n) is 7.16. The molecule has 5 heterocycles. The summed E-state index contributed by atoms with van der Waals surface area (Å²) in [5.41, 5.74) is 1.26. The fourth-order valence-electron chi connectivity index (χ4n) is 5.47. The Balaban J connectivity index is 1.19. The number of amides is 5. The van der Waals surface area contributed by atoms with Gasteiger partial charge in [0.15, 0.2) is 0 Å². The van der Waals surface area contributed by atoms with Crippen LogP contribution >= 0.6 is 11.3 Å². The van der Waals surface area contributed by atoms with Crippen LogP contribution in [0, 0.1) is 5.92 Å². The topological polar surface area (TPSA) is 76.2 Å². The molecule has 31 heavy (non-hydrogen) atoms. The van der Waals surface area contributed by atoms with Crippen LogP contribution in [0.25, 0.3) is 0 Å². The van der Waals surface area contributed by atoms with Gasteiger partial charge in [0, 0.05) is 57.2 Å². The summed E-state index contributed by atoms with van der Waals surface area (Å²) in [4.78, 5) is 47.6. The molecule has 0 radical (unpaired) electrons. The predicted molar refractivity (Wildman–Crippen MR) is 118 cm³/mol. The number of thiophene rings is 1. The van der Waals surface area contributed by atoms with Crippen LogP contribution in [0.5, 0.6) is 0 Å².